The molecule has 158 valence electrons. The maximum absolute atomic E-state index is 13.2. The van der Waals surface area contributed by atoms with E-state index in [4.69, 9.17) is 4.74 Å². The van der Waals surface area contributed by atoms with Crippen LogP contribution in [0, 0.1) is 5.41 Å². The van der Waals surface area contributed by atoms with E-state index < -0.39 is 11.5 Å². The highest BCUT2D eigenvalue weighted by atomic mass is 16.5. The molecule has 0 bridgehead atoms. The molecular formula is C26H36O3. The molecule has 0 spiro atoms. The van der Waals surface area contributed by atoms with E-state index in [9.17, 15) is 9.59 Å². The highest BCUT2D eigenvalue weighted by Gasteiger charge is 2.39. The van der Waals surface area contributed by atoms with Crippen LogP contribution in [-0.4, -0.2) is 17.9 Å². The molecule has 1 aliphatic rings. The fourth-order valence-corrected chi connectivity index (χ4v) is 3.73. The molecule has 2 atom stereocenters. The van der Waals surface area contributed by atoms with E-state index in [0.717, 1.165) is 49.7 Å². The first kappa shape index (κ1) is 23.1. The van der Waals surface area contributed by atoms with Crippen LogP contribution in [0.3, 0.4) is 0 Å². The Balaban J connectivity index is 2.10. The van der Waals surface area contributed by atoms with Crippen LogP contribution in [0.4, 0.5) is 0 Å². The zero-order chi connectivity index (χ0) is 21.1. The summed E-state index contributed by atoms with van der Waals surface area (Å²) in [5, 5.41) is 0. The molecule has 0 heterocycles. The van der Waals surface area contributed by atoms with Gasteiger partial charge >= 0.3 is 5.97 Å². The minimum absolute atomic E-state index is 0.0154. The number of Topliss-reactive ketones (excluding diaryl/α,β-unsaturated/α-hetero) is 1. The molecule has 0 aromatic heterocycles. The number of carbonyl (C=O) groups excluding carboxylic acids is 2. The van der Waals surface area contributed by atoms with Crippen molar-refractivity contribution in [2.24, 2.45) is 5.41 Å². The second kappa shape index (κ2) is 11.7. The average molecular weight is 397 g/mol. The number of allylic oxidation sites excluding steroid dienone is 3. The molecule has 0 fully saturated rings. The number of hydrogen-bond donors (Lipinski definition) is 0. The summed E-state index contributed by atoms with van der Waals surface area (Å²) in [7, 11) is 0. The van der Waals surface area contributed by atoms with Crippen molar-refractivity contribution in [1.82, 2.24) is 0 Å². The van der Waals surface area contributed by atoms with Gasteiger partial charge in [0.15, 0.2) is 11.9 Å². The number of rotatable bonds is 12. The molecule has 0 amide bonds. The second-order valence-corrected chi connectivity index (χ2v) is 8.15. The summed E-state index contributed by atoms with van der Waals surface area (Å²) < 4.78 is 5.68. The third-order valence-electron chi connectivity index (χ3n) is 5.77. The van der Waals surface area contributed by atoms with Gasteiger partial charge in [-0.3, -0.25) is 9.59 Å². The summed E-state index contributed by atoms with van der Waals surface area (Å²) in [6, 6.07) is 10.2. The Morgan fingerprint density at radius 2 is 1.76 bits per heavy atom. The fourth-order valence-electron chi connectivity index (χ4n) is 3.73. The topological polar surface area (TPSA) is 43.4 Å². The first-order valence-corrected chi connectivity index (χ1v) is 11.2. The van der Waals surface area contributed by atoms with Crippen molar-refractivity contribution in [2.45, 2.75) is 84.7 Å². The Morgan fingerprint density at radius 3 is 2.38 bits per heavy atom. The van der Waals surface area contributed by atoms with Crippen LogP contribution in [0.25, 0.3) is 5.57 Å². The summed E-state index contributed by atoms with van der Waals surface area (Å²) in [5.74, 6) is -0.243. The van der Waals surface area contributed by atoms with Crippen molar-refractivity contribution in [3.8, 4) is 0 Å². The van der Waals surface area contributed by atoms with Crippen LogP contribution in [0.2, 0.25) is 0 Å². The Bertz CT molecular complexity index is 717. The third-order valence-corrected chi connectivity index (χ3v) is 5.77. The van der Waals surface area contributed by atoms with Gasteiger partial charge in [-0.15, -0.1) is 0 Å². The predicted octanol–water partition coefficient (Wildman–Crippen LogP) is 6.68. The molecule has 2 rings (SSSR count). The van der Waals surface area contributed by atoms with Gasteiger partial charge in [-0.1, -0.05) is 94.5 Å². The minimum atomic E-state index is -0.672. The number of carbonyl (C=O) groups is 2. The zero-order valence-corrected chi connectivity index (χ0v) is 18.3. The van der Waals surface area contributed by atoms with E-state index in [0.29, 0.717) is 12.8 Å². The lowest BCUT2D eigenvalue weighted by atomic mass is 9.75. The smallest absolute Gasteiger partial charge is 0.316 e. The van der Waals surface area contributed by atoms with E-state index in [1.807, 2.05) is 30.4 Å². The largest absolute Gasteiger partial charge is 0.454 e. The standard InChI is InChI=1S/C26H36O3/c1-4-6-8-12-18-26(25(28)29-21(3)24(27)15-7-5-2)19-16-23(17-20-26)22-13-10-9-11-14-22/h9-11,13-14,16-17,19,21H,4-8,12,15,18,20H2,1-3H3. The van der Waals surface area contributed by atoms with E-state index in [1.54, 1.807) is 6.92 Å². The summed E-state index contributed by atoms with van der Waals surface area (Å²) in [5.41, 5.74) is 1.63. The molecule has 2 unspecified atom stereocenters. The molecule has 3 nitrogen and oxygen atoms in total. The molecule has 0 saturated carbocycles. The number of ether oxygens (including phenoxy) is 1. The van der Waals surface area contributed by atoms with E-state index in [2.05, 4.69) is 32.1 Å². The molecule has 1 aromatic carbocycles. The van der Waals surface area contributed by atoms with Gasteiger partial charge in [0.05, 0.1) is 5.41 Å². The van der Waals surface area contributed by atoms with Crippen molar-refractivity contribution in [1.29, 1.82) is 0 Å². The molecule has 0 N–H and O–H groups in total. The van der Waals surface area contributed by atoms with Crippen LogP contribution in [-0.2, 0) is 14.3 Å². The van der Waals surface area contributed by atoms with Crippen molar-refractivity contribution < 1.29 is 14.3 Å². The van der Waals surface area contributed by atoms with Gasteiger partial charge in [0.25, 0.3) is 0 Å². The van der Waals surface area contributed by atoms with Gasteiger partial charge in [0.2, 0.25) is 0 Å². The maximum Gasteiger partial charge on any atom is 0.316 e. The number of unbranched alkanes of at least 4 members (excludes halogenated alkanes) is 4. The highest BCUT2D eigenvalue weighted by molar-refractivity contribution is 5.88. The monoisotopic (exact) mass is 396 g/mol. The Morgan fingerprint density at radius 1 is 1.03 bits per heavy atom. The van der Waals surface area contributed by atoms with Crippen LogP contribution in [0.5, 0.6) is 0 Å². The quantitative estimate of drug-likeness (QED) is 0.292. The number of benzene rings is 1. The summed E-state index contributed by atoms with van der Waals surface area (Å²) in [4.78, 5) is 25.4. The molecule has 0 aliphatic heterocycles. The lowest BCUT2D eigenvalue weighted by molar-refractivity contribution is -0.162. The normalized spacial score (nSPS) is 19.5. The number of ketones is 1. The maximum atomic E-state index is 13.2. The molecule has 0 radical (unpaired) electrons. The van der Waals surface area contributed by atoms with Crippen LogP contribution in [0.1, 0.15) is 84.1 Å². The summed E-state index contributed by atoms with van der Waals surface area (Å²) in [6.07, 6.45) is 13.6. The molecular weight excluding hydrogens is 360 g/mol. The van der Waals surface area contributed by atoms with Crippen LogP contribution < -0.4 is 0 Å². The highest BCUT2D eigenvalue weighted by Crippen LogP contribution is 2.39. The molecule has 1 aromatic rings. The van der Waals surface area contributed by atoms with Crippen molar-refractivity contribution in [3.05, 3.63) is 54.1 Å². The van der Waals surface area contributed by atoms with Gasteiger partial charge in [-0.25, -0.2) is 0 Å². The lowest BCUT2D eigenvalue weighted by Crippen LogP contribution is -2.36. The van der Waals surface area contributed by atoms with Crippen molar-refractivity contribution in [3.63, 3.8) is 0 Å². The predicted molar refractivity (Wildman–Crippen MR) is 119 cm³/mol. The van der Waals surface area contributed by atoms with Crippen molar-refractivity contribution >= 4 is 17.3 Å². The van der Waals surface area contributed by atoms with Gasteiger partial charge in [0, 0.05) is 6.42 Å². The van der Waals surface area contributed by atoms with E-state index in [-0.39, 0.29) is 11.8 Å². The Kier molecular flexibility index (Phi) is 9.37. The van der Waals surface area contributed by atoms with Crippen LogP contribution >= 0.6 is 0 Å². The van der Waals surface area contributed by atoms with Gasteiger partial charge in [0.1, 0.15) is 0 Å². The lowest BCUT2D eigenvalue weighted by Gasteiger charge is -2.31. The number of hydrogen-bond acceptors (Lipinski definition) is 3. The number of esters is 1. The van der Waals surface area contributed by atoms with Gasteiger partial charge in [-0.2, -0.15) is 0 Å². The van der Waals surface area contributed by atoms with Crippen LogP contribution in [0.15, 0.2) is 48.6 Å². The first-order chi connectivity index (χ1) is 14.0. The average Bonchev–Trinajstić information content (AvgIpc) is 2.76. The second-order valence-electron chi connectivity index (χ2n) is 8.15. The Hall–Kier alpha value is -2.16. The summed E-state index contributed by atoms with van der Waals surface area (Å²) in [6.45, 7) is 5.94. The molecule has 0 saturated heterocycles. The Labute approximate surface area is 176 Å². The van der Waals surface area contributed by atoms with Gasteiger partial charge < -0.3 is 4.74 Å². The SMILES string of the molecule is CCCCCCC1(C(=O)OC(C)C(=O)CCCC)C=CC(c2ccccc2)=CC1. The van der Waals surface area contributed by atoms with E-state index in [1.165, 1.54) is 6.42 Å². The van der Waals surface area contributed by atoms with E-state index >= 15 is 0 Å². The molecule has 29 heavy (non-hydrogen) atoms. The molecule has 3 heteroatoms. The van der Waals surface area contributed by atoms with Gasteiger partial charge in [-0.05, 0) is 37.3 Å². The fraction of sp³-hybridized carbons (Fsp3) is 0.538. The summed E-state index contributed by atoms with van der Waals surface area (Å²) >= 11 is 0. The zero-order valence-electron chi connectivity index (χ0n) is 18.3. The molecule has 1 aliphatic carbocycles. The van der Waals surface area contributed by atoms with Crippen molar-refractivity contribution in [2.75, 3.05) is 0 Å². The first-order valence-electron chi connectivity index (χ1n) is 11.2. The minimum Gasteiger partial charge on any atom is -0.454 e. The third kappa shape index (κ3) is 6.69.